The molecule has 17 heavy (non-hydrogen) atoms. The van der Waals surface area contributed by atoms with E-state index in [1.54, 1.807) is 0 Å². The van der Waals surface area contributed by atoms with Crippen molar-refractivity contribution in [1.82, 2.24) is 14.8 Å². The number of aromatic nitrogens is 3. The van der Waals surface area contributed by atoms with E-state index in [2.05, 4.69) is 43.1 Å². The summed E-state index contributed by atoms with van der Waals surface area (Å²) in [6, 6.07) is 8.32. The van der Waals surface area contributed by atoms with Crippen molar-refractivity contribution in [1.29, 1.82) is 0 Å². The first-order chi connectivity index (χ1) is 7.89. The van der Waals surface area contributed by atoms with E-state index < -0.39 is 0 Å². The smallest absolute Gasteiger partial charge is 0.229 e. The second-order valence-electron chi connectivity index (χ2n) is 5.15. The Morgan fingerprint density at radius 3 is 2.06 bits per heavy atom. The van der Waals surface area contributed by atoms with Gasteiger partial charge in [-0.2, -0.15) is 0 Å². The van der Waals surface area contributed by atoms with Crippen LogP contribution < -0.4 is 0 Å². The molecule has 2 rings (SSSR count). The summed E-state index contributed by atoms with van der Waals surface area (Å²) < 4.78 is 1.83. The van der Waals surface area contributed by atoms with Crippen molar-refractivity contribution < 1.29 is 0 Å². The molecule has 4 heteroatoms. The van der Waals surface area contributed by atoms with Crippen LogP contribution >= 0.6 is 11.6 Å². The minimum absolute atomic E-state index is 0.157. The first-order valence-corrected chi connectivity index (χ1v) is 5.96. The fraction of sp³-hybridized carbons (Fsp3) is 0.385. The summed E-state index contributed by atoms with van der Waals surface area (Å²) in [7, 11) is 0. The first-order valence-electron chi connectivity index (χ1n) is 5.58. The summed E-state index contributed by atoms with van der Waals surface area (Å²) in [5.41, 5.74) is 2.44. The molecule has 0 unspecified atom stereocenters. The quantitative estimate of drug-likeness (QED) is 0.774. The maximum atomic E-state index is 6.00. The standard InChI is InChI=1S/C13H16ClN3/c1-9-15-16-12(14)17(9)11-7-5-10(6-8-11)13(2,3)4/h5-8H,1-4H3. The van der Waals surface area contributed by atoms with Crippen LogP contribution in [0.3, 0.4) is 0 Å². The van der Waals surface area contributed by atoms with Crippen LogP contribution in [0.4, 0.5) is 0 Å². The third kappa shape index (κ3) is 2.34. The number of nitrogens with zero attached hydrogens (tertiary/aromatic N) is 3. The van der Waals surface area contributed by atoms with Crippen LogP contribution in [0, 0.1) is 6.92 Å². The van der Waals surface area contributed by atoms with Crippen LogP contribution in [0.5, 0.6) is 0 Å². The predicted molar refractivity (Wildman–Crippen MR) is 69.8 cm³/mol. The van der Waals surface area contributed by atoms with Gasteiger partial charge in [-0.15, -0.1) is 10.2 Å². The van der Waals surface area contributed by atoms with Gasteiger partial charge < -0.3 is 0 Å². The summed E-state index contributed by atoms with van der Waals surface area (Å²) in [5, 5.41) is 8.18. The Morgan fingerprint density at radius 2 is 1.65 bits per heavy atom. The zero-order valence-electron chi connectivity index (χ0n) is 10.5. The Labute approximate surface area is 106 Å². The second kappa shape index (κ2) is 4.15. The number of hydrogen-bond acceptors (Lipinski definition) is 2. The highest BCUT2D eigenvalue weighted by Crippen LogP contribution is 2.24. The van der Waals surface area contributed by atoms with Crippen LogP contribution in [0.2, 0.25) is 5.28 Å². The fourth-order valence-electron chi connectivity index (χ4n) is 1.74. The molecule has 1 aromatic heterocycles. The lowest BCUT2D eigenvalue weighted by molar-refractivity contribution is 0.590. The SMILES string of the molecule is Cc1nnc(Cl)n1-c1ccc(C(C)(C)C)cc1. The molecule has 0 bridgehead atoms. The van der Waals surface area contributed by atoms with E-state index in [4.69, 9.17) is 11.6 Å². The largest absolute Gasteiger partial charge is 0.270 e. The second-order valence-corrected chi connectivity index (χ2v) is 5.49. The van der Waals surface area contributed by atoms with Crippen molar-refractivity contribution in [3.8, 4) is 5.69 Å². The Bertz CT molecular complexity index is 501. The monoisotopic (exact) mass is 249 g/mol. The molecular weight excluding hydrogens is 234 g/mol. The van der Waals surface area contributed by atoms with E-state index in [-0.39, 0.29) is 5.41 Å². The minimum atomic E-state index is 0.157. The van der Waals surface area contributed by atoms with E-state index in [0.29, 0.717) is 5.28 Å². The molecule has 0 fully saturated rings. The molecular formula is C13H16ClN3. The highest BCUT2D eigenvalue weighted by molar-refractivity contribution is 6.28. The van der Waals surface area contributed by atoms with Gasteiger partial charge >= 0.3 is 0 Å². The number of hydrogen-bond donors (Lipinski definition) is 0. The van der Waals surface area contributed by atoms with Crippen LogP contribution in [0.25, 0.3) is 5.69 Å². The molecule has 0 aliphatic rings. The molecule has 0 atom stereocenters. The molecule has 0 spiro atoms. The molecule has 1 aromatic carbocycles. The van der Waals surface area contributed by atoms with E-state index in [9.17, 15) is 0 Å². The van der Waals surface area contributed by atoms with Crippen molar-refractivity contribution >= 4 is 11.6 Å². The van der Waals surface area contributed by atoms with Gasteiger partial charge in [-0.3, -0.25) is 4.57 Å². The van der Waals surface area contributed by atoms with Gasteiger partial charge in [0.1, 0.15) is 5.82 Å². The third-order valence-electron chi connectivity index (χ3n) is 2.78. The Hall–Kier alpha value is -1.35. The zero-order chi connectivity index (χ0) is 12.6. The highest BCUT2D eigenvalue weighted by atomic mass is 35.5. The number of aryl methyl sites for hydroxylation is 1. The van der Waals surface area contributed by atoms with Crippen molar-refractivity contribution in [2.45, 2.75) is 33.1 Å². The minimum Gasteiger partial charge on any atom is -0.270 e. The average molecular weight is 250 g/mol. The molecule has 0 aliphatic heterocycles. The molecule has 0 saturated carbocycles. The van der Waals surface area contributed by atoms with Crippen molar-refractivity contribution in [2.24, 2.45) is 0 Å². The van der Waals surface area contributed by atoms with Crippen molar-refractivity contribution in [2.75, 3.05) is 0 Å². The van der Waals surface area contributed by atoms with Crippen LogP contribution in [0.15, 0.2) is 24.3 Å². The molecule has 90 valence electrons. The topological polar surface area (TPSA) is 30.7 Å². The number of benzene rings is 1. The van der Waals surface area contributed by atoms with Gasteiger partial charge in [0, 0.05) is 5.69 Å². The first kappa shape index (κ1) is 12.1. The number of halogens is 1. The van der Waals surface area contributed by atoms with Gasteiger partial charge in [0.2, 0.25) is 5.28 Å². The Morgan fingerprint density at radius 1 is 1.06 bits per heavy atom. The average Bonchev–Trinajstić information content (AvgIpc) is 2.58. The lowest BCUT2D eigenvalue weighted by Gasteiger charge is -2.19. The fourth-order valence-corrected chi connectivity index (χ4v) is 2.00. The maximum absolute atomic E-state index is 6.00. The van der Waals surface area contributed by atoms with E-state index >= 15 is 0 Å². The molecule has 3 nitrogen and oxygen atoms in total. The van der Waals surface area contributed by atoms with Crippen molar-refractivity contribution in [3.05, 3.63) is 40.9 Å². The van der Waals surface area contributed by atoms with Gasteiger partial charge in [0.15, 0.2) is 0 Å². The summed E-state index contributed by atoms with van der Waals surface area (Å²) in [6.07, 6.45) is 0. The van der Waals surface area contributed by atoms with E-state index in [0.717, 1.165) is 11.5 Å². The van der Waals surface area contributed by atoms with Gasteiger partial charge in [0.25, 0.3) is 0 Å². The Kier molecular flexibility index (Phi) is 2.96. The number of rotatable bonds is 1. The molecule has 0 radical (unpaired) electrons. The van der Waals surface area contributed by atoms with Crippen LogP contribution in [-0.2, 0) is 5.41 Å². The molecule has 0 saturated heterocycles. The van der Waals surface area contributed by atoms with Crippen LogP contribution in [0.1, 0.15) is 32.2 Å². The van der Waals surface area contributed by atoms with E-state index in [1.807, 2.05) is 23.6 Å². The van der Waals surface area contributed by atoms with Gasteiger partial charge in [0.05, 0.1) is 0 Å². The highest BCUT2D eigenvalue weighted by Gasteiger charge is 2.14. The Balaban J connectivity index is 2.43. The summed E-state index contributed by atoms with van der Waals surface area (Å²) >= 11 is 6.00. The molecule has 0 aliphatic carbocycles. The summed E-state index contributed by atoms with van der Waals surface area (Å²) in [6.45, 7) is 8.47. The van der Waals surface area contributed by atoms with E-state index in [1.165, 1.54) is 5.56 Å². The summed E-state index contributed by atoms with van der Waals surface area (Å²) in [4.78, 5) is 0. The van der Waals surface area contributed by atoms with Crippen LogP contribution in [-0.4, -0.2) is 14.8 Å². The molecule has 0 N–H and O–H groups in total. The molecule has 0 amide bonds. The van der Waals surface area contributed by atoms with Gasteiger partial charge in [-0.25, -0.2) is 0 Å². The normalized spacial score (nSPS) is 11.8. The lowest BCUT2D eigenvalue weighted by atomic mass is 9.87. The van der Waals surface area contributed by atoms with Gasteiger partial charge in [-0.05, 0) is 41.6 Å². The predicted octanol–water partition coefficient (Wildman–Crippen LogP) is 3.53. The maximum Gasteiger partial charge on any atom is 0.229 e. The third-order valence-corrected chi connectivity index (χ3v) is 3.02. The van der Waals surface area contributed by atoms with Crippen molar-refractivity contribution in [3.63, 3.8) is 0 Å². The van der Waals surface area contributed by atoms with Gasteiger partial charge in [-0.1, -0.05) is 32.9 Å². The molecule has 1 heterocycles. The molecule has 2 aromatic rings. The lowest BCUT2D eigenvalue weighted by Crippen LogP contribution is -2.11. The zero-order valence-corrected chi connectivity index (χ0v) is 11.3. The summed E-state index contributed by atoms with van der Waals surface area (Å²) in [5.74, 6) is 0.790.